The molecule has 0 spiro atoms. The molecule has 3 N–H and O–H groups in total. The Bertz CT molecular complexity index is 1880. The smallest absolute Gasteiger partial charge is 0.282 e. The maximum atomic E-state index is 12.1. The van der Waals surface area contributed by atoms with E-state index in [2.05, 4.69) is 39.9 Å². The molecule has 17 nitrogen and oxygen atoms in total. The van der Waals surface area contributed by atoms with Crippen LogP contribution in [-0.4, -0.2) is 85.6 Å². The van der Waals surface area contributed by atoms with Gasteiger partial charge in [-0.15, -0.1) is 0 Å². The summed E-state index contributed by atoms with van der Waals surface area (Å²) in [6.45, 7) is 0. The van der Waals surface area contributed by atoms with Crippen molar-refractivity contribution in [3.8, 4) is 0 Å². The van der Waals surface area contributed by atoms with Crippen LogP contribution in [-0.2, 0) is 30.4 Å². The predicted molar refractivity (Wildman–Crippen MR) is 128 cm³/mol. The number of aliphatic imine (C=N–C) groups is 8. The van der Waals surface area contributed by atoms with Crippen molar-refractivity contribution in [3.63, 3.8) is 0 Å². The Morgan fingerprint density at radius 2 is 0.833 bits per heavy atom. The summed E-state index contributed by atoms with van der Waals surface area (Å²) in [5.74, 6) is -3.35. The second-order valence-electron chi connectivity index (χ2n) is 6.91. The van der Waals surface area contributed by atoms with Crippen molar-refractivity contribution >= 4 is 77.0 Å². The summed E-state index contributed by atoms with van der Waals surface area (Å²) in [6, 6.07) is 0. The van der Waals surface area contributed by atoms with Crippen molar-refractivity contribution < 1.29 is 38.9 Å². The fourth-order valence-electron chi connectivity index (χ4n) is 3.10. The van der Waals surface area contributed by atoms with E-state index in [0.29, 0.717) is 0 Å². The molecule has 0 amide bonds. The van der Waals surface area contributed by atoms with Crippen LogP contribution < -0.4 is 0 Å². The van der Waals surface area contributed by atoms with Crippen LogP contribution >= 0.6 is 0 Å². The molecule has 5 aliphatic heterocycles. The molecule has 0 saturated heterocycles. The number of hydrogen-bond acceptors (Lipinski definition) is 14. The molecule has 5 heterocycles. The monoisotopic (exact) mass is 552 g/mol. The Balaban J connectivity index is 1.86. The highest BCUT2D eigenvalue weighted by Crippen LogP contribution is 2.29. The standard InChI is InChI=1S/C16H8N8O9S3/c25-34(26,27)6-5-11-20-9-2-1-7(18-9)17-8-3-4-10(19-8)21-15-12(35(28,29)30)13(36(31,32)33)16(24-15)23-14(6)22-11/h1-5H,(H,25,26,27)(H,28,29,30)(H,31,32,33). The molecule has 0 atom stereocenters. The van der Waals surface area contributed by atoms with Crippen molar-refractivity contribution in [2.45, 2.75) is 0 Å². The van der Waals surface area contributed by atoms with Gasteiger partial charge in [-0.1, -0.05) is 0 Å². The summed E-state index contributed by atoms with van der Waals surface area (Å²) < 4.78 is 101. The van der Waals surface area contributed by atoms with E-state index in [1.54, 1.807) is 0 Å². The first-order chi connectivity index (χ1) is 16.7. The fourth-order valence-corrected chi connectivity index (χ4v) is 5.60. The van der Waals surface area contributed by atoms with Gasteiger partial charge >= 0.3 is 0 Å². The number of nitrogens with zero attached hydrogens (tertiary/aromatic N) is 8. The molecule has 36 heavy (non-hydrogen) atoms. The lowest BCUT2D eigenvalue weighted by Gasteiger charge is -2.03. The Labute approximate surface area is 200 Å². The summed E-state index contributed by atoms with van der Waals surface area (Å²) in [6.07, 6.45) is 6.23. The summed E-state index contributed by atoms with van der Waals surface area (Å²) in [4.78, 5) is 27.1. The highest BCUT2D eigenvalue weighted by Gasteiger charge is 2.41. The van der Waals surface area contributed by atoms with Crippen LogP contribution in [0.2, 0.25) is 0 Å². The van der Waals surface area contributed by atoms with Gasteiger partial charge in [0, 0.05) is 6.08 Å². The highest BCUT2D eigenvalue weighted by atomic mass is 32.2. The Kier molecular flexibility index (Phi) is 5.14. The molecule has 5 rings (SSSR count). The lowest BCUT2D eigenvalue weighted by atomic mass is 10.4. The van der Waals surface area contributed by atoms with Gasteiger partial charge in [-0.25, -0.2) is 39.9 Å². The van der Waals surface area contributed by atoms with Gasteiger partial charge in [0.05, 0.1) is 0 Å². The van der Waals surface area contributed by atoms with Crippen molar-refractivity contribution in [1.29, 1.82) is 0 Å². The minimum Gasteiger partial charge on any atom is -0.282 e. The van der Waals surface area contributed by atoms with Crippen LogP contribution in [0.4, 0.5) is 0 Å². The normalized spacial score (nSPS) is 21.4. The zero-order chi connectivity index (χ0) is 26.0. The average molecular weight is 552 g/mol. The van der Waals surface area contributed by atoms with E-state index in [0.717, 1.165) is 6.08 Å². The molecular formula is C16H8N8O9S3. The molecule has 5 aliphatic rings. The van der Waals surface area contributed by atoms with Gasteiger partial charge in [-0.3, -0.25) is 13.7 Å². The molecular weight excluding hydrogens is 544 g/mol. The quantitative estimate of drug-likeness (QED) is 0.366. The third-order valence-corrected chi connectivity index (χ3v) is 7.22. The predicted octanol–water partition coefficient (Wildman–Crippen LogP) is -0.886. The second-order valence-corrected chi connectivity index (χ2v) is 11.0. The average Bonchev–Trinajstić information content (AvgIpc) is 3.48. The topological polar surface area (TPSA) is 262 Å². The lowest BCUT2D eigenvalue weighted by Crippen LogP contribution is -2.18. The first kappa shape index (κ1) is 23.8. The van der Waals surface area contributed by atoms with Gasteiger partial charge in [0.25, 0.3) is 30.4 Å². The zero-order valence-corrected chi connectivity index (χ0v) is 19.4. The van der Waals surface area contributed by atoms with Crippen molar-refractivity contribution in [2.24, 2.45) is 39.9 Å². The van der Waals surface area contributed by atoms with E-state index in [-0.39, 0.29) is 29.2 Å². The van der Waals surface area contributed by atoms with E-state index in [4.69, 9.17) is 0 Å². The van der Waals surface area contributed by atoms with Crippen LogP contribution in [0.1, 0.15) is 0 Å². The number of hydrogen-bond donors (Lipinski definition) is 3. The molecule has 20 heteroatoms. The SMILES string of the molecule is O=S(=O)(O)C1=CC2=NC3=NC(=NC4=NC(=NC5=NC(=NC1=N2)C(S(=O)(=O)O)=C5S(=O)(=O)O)C=C4)C=C3. The summed E-state index contributed by atoms with van der Waals surface area (Å²) in [5.41, 5.74) is 0. The maximum Gasteiger partial charge on any atom is 0.299 e. The molecule has 0 aromatic carbocycles. The Hall–Kier alpha value is -3.95. The minimum atomic E-state index is -5.48. The zero-order valence-electron chi connectivity index (χ0n) is 17.0. The molecule has 184 valence electrons. The van der Waals surface area contributed by atoms with Gasteiger partial charge in [0.15, 0.2) is 56.5 Å². The van der Waals surface area contributed by atoms with E-state index in [1.165, 1.54) is 24.3 Å². The molecule has 0 radical (unpaired) electrons. The molecule has 0 unspecified atom stereocenters. The molecule has 0 saturated carbocycles. The van der Waals surface area contributed by atoms with Gasteiger partial charge in [0.2, 0.25) is 0 Å². The highest BCUT2D eigenvalue weighted by molar-refractivity contribution is 7.95. The van der Waals surface area contributed by atoms with Crippen LogP contribution in [0.25, 0.3) is 0 Å². The summed E-state index contributed by atoms with van der Waals surface area (Å²) in [5, 5.41) is 0. The second kappa shape index (κ2) is 7.78. The van der Waals surface area contributed by atoms with Crippen LogP contribution in [0.5, 0.6) is 0 Å². The molecule has 8 bridgehead atoms. The minimum absolute atomic E-state index is 0.0178. The van der Waals surface area contributed by atoms with Crippen LogP contribution in [0.3, 0.4) is 0 Å². The number of amidine groups is 8. The summed E-state index contributed by atoms with van der Waals surface area (Å²) >= 11 is 0. The largest absolute Gasteiger partial charge is 0.299 e. The van der Waals surface area contributed by atoms with E-state index in [9.17, 15) is 38.9 Å². The molecule has 0 fully saturated rings. The number of rotatable bonds is 3. The van der Waals surface area contributed by atoms with Crippen LogP contribution in [0.15, 0.2) is 85.0 Å². The van der Waals surface area contributed by atoms with Crippen molar-refractivity contribution in [1.82, 2.24) is 0 Å². The van der Waals surface area contributed by atoms with E-state index in [1.807, 2.05) is 0 Å². The molecule has 0 aromatic rings. The summed E-state index contributed by atoms with van der Waals surface area (Å²) in [7, 11) is -15.9. The molecule has 0 aliphatic carbocycles. The van der Waals surface area contributed by atoms with E-state index >= 15 is 0 Å². The van der Waals surface area contributed by atoms with E-state index < -0.39 is 62.6 Å². The van der Waals surface area contributed by atoms with Crippen LogP contribution in [0, 0.1) is 0 Å². The van der Waals surface area contributed by atoms with Gasteiger partial charge in [-0.05, 0) is 24.3 Å². The Morgan fingerprint density at radius 1 is 0.444 bits per heavy atom. The third kappa shape index (κ3) is 4.38. The van der Waals surface area contributed by atoms with Crippen molar-refractivity contribution in [3.05, 3.63) is 45.1 Å². The first-order valence-electron chi connectivity index (χ1n) is 9.14. The fraction of sp³-hybridized carbons (Fsp3) is 0. The maximum absolute atomic E-state index is 12.1. The van der Waals surface area contributed by atoms with Crippen molar-refractivity contribution in [2.75, 3.05) is 0 Å². The first-order valence-corrected chi connectivity index (χ1v) is 13.5. The van der Waals surface area contributed by atoms with Gasteiger partial charge in [-0.2, -0.15) is 25.3 Å². The number of fused-ring (bicyclic) bond motifs is 4. The Morgan fingerprint density at radius 3 is 1.28 bits per heavy atom. The lowest BCUT2D eigenvalue weighted by molar-refractivity contribution is 0.486. The molecule has 0 aromatic heterocycles. The van der Waals surface area contributed by atoms with Gasteiger partial charge < -0.3 is 0 Å². The van der Waals surface area contributed by atoms with Gasteiger partial charge in [0.1, 0.15) is 4.91 Å². The third-order valence-electron chi connectivity index (χ3n) is 4.43.